The number of aromatic nitrogens is 2. The van der Waals surface area contributed by atoms with Crippen LogP contribution in [0.5, 0.6) is 11.5 Å². The summed E-state index contributed by atoms with van der Waals surface area (Å²) in [5.41, 5.74) is 2.28. The molecule has 0 atom stereocenters. The molecule has 0 aliphatic rings. The van der Waals surface area contributed by atoms with Gasteiger partial charge in [0.25, 0.3) is 0 Å². The van der Waals surface area contributed by atoms with Gasteiger partial charge in [-0.3, -0.25) is 4.98 Å². The molecule has 2 aromatic heterocycles. The van der Waals surface area contributed by atoms with Crippen LogP contribution in [-0.2, 0) is 7.05 Å². The minimum absolute atomic E-state index is 0.672. The summed E-state index contributed by atoms with van der Waals surface area (Å²) in [6, 6.07) is 6.13. The summed E-state index contributed by atoms with van der Waals surface area (Å²) >= 11 is 0. The van der Waals surface area contributed by atoms with Gasteiger partial charge in [-0.15, -0.1) is 0 Å². The molecule has 5 heteroatoms. The Kier molecular flexibility index (Phi) is 4.39. The molecular formula is C18H23N3O2. The summed E-state index contributed by atoms with van der Waals surface area (Å²) in [6.45, 7) is 1.68. The number of nitrogens with zero attached hydrogens (tertiary/aromatic N) is 3. The largest absolute Gasteiger partial charge is 0.493 e. The van der Waals surface area contributed by atoms with Crippen molar-refractivity contribution in [2.45, 2.75) is 6.42 Å². The number of aryl methyl sites for hydroxylation is 1. The van der Waals surface area contributed by atoms with Crippen molar-refractivity contribution in [3.63, 3.8) is 0 Å². The average molecular weight is 313 g/mol. The lowest BCUT2D eigenvalue weighted by Gasteiger charge is -2.13. The third-order valence-corrected chi connectivity index (χ3v) is 4.10. The van der Waals surface area contributed by atoms with E-state index in [0.717, 1.165) is 46.3 Å². The maximum absolute atomic E-state index is 5.96. The fourth-order valence-electron chi connectivity index (χ4n) is 2.89. The average Bonchev–Trinajstić information content (AvgIpc) is 2.83. The van der Waals surface area contributed by atoms with Gasteiger partial charge in [0, 0.05) is 42.8 Å². The first-order chi connectivity index (χ1) is 11.1. The summed E-state index contributed by atoms with van der Waals surface area (Å²) in [5, 5.41) is 2.26. The van der Waals surface area contributed by atoms with Crippen LogP contribution in [0.15, 0.2) is 30.6 Å². The summed E-state index contributed by atoms with van der Waals surface area (Å²) < 4.78 is 13.6. The SMILES string of the molecule is COc1cc2c3cnccc3n(C)c2cc1OCCCN(C)C. The van der Waals surface area contributed by atoms with E-state index in [0.29, 0.717) is 6.61 Å². The van der Waals surface area contributed by atoms with Gasteiger partial charge in [-0.25, -0.2) is 0 Å². The van der Waals surface area contributed by atoms with Crippen LogP contribution in [-0.4, -0.2) is 48.8 Å². The summed E-state index contributed by atoms with van der Waals surface area (Å²) in [4.78, 5) is 6.39. The van der Waals surface area contributed by atoms with Gasteiger partial charge in [0.15, 0.2) is 11.5 Å². The first-order valence-corrected chi connectivity index (χ1v) is 7.79. The Balaban J connectivity index is 1.98. The van der Waals surface area contributed by atoms with Gasteiger partial charge in [0.05, 0.1) is 24.8 Å². The van der Waals surface area contributed by atoms with E-state index < -0.39 is 0 Å². The minimum Gasteiger partial charge on any atom is -0.493 e. The second kappa shape index (κ2) is 6.46. The van der Waals surface area contributed by atoms with Crippen molar-refractivity contribution in [1.29, 1.82) is 0 Å². The monoisotopic (exact) mass is 313 g/mol. The topological polar surface area (TPSA) is 39.5 Å². The van der Waals surface area contributed by atoms with Crippen molar-refractivity contribution >= 4 is 21.8 Å². The van der Waals surface area contributed by atoms with Gasteiger partial charge in [-0.2, -0.15) is 0 Å². The molecule has 0 aliphatic heterocycles. The van der Waals surface area contributed by atoms with Gasteiger partial charge in [-0.1, -0.05) is 0 Å². The van der Waals surface area contributed by atoms with Gasteiger partial charge in [0.2, 0.25) is 0 Å². The predicted octanol–water partition coefficient (Wildman–Crippen LogP) is 3.07. The molecule has 0 spiro atoms. The first-order valence-electron chi connectivity index (χ1n) is 7.79. The lowest BCUT2D eigenvalue weighted by Crippen LogP contribution is -2.15. The molecule has 3 aromatic rings. The Morgan fingerprint density at radius 1 is 1.13 bits per heavy atom. The van der Waals surface area contributed by atoms with Crippen molar-refractivity contribution in [3.8, 4) is 11.5 Å². The highest BCUT2D eigenvalue weighted by Crippen LogP contribution is 2.37. The molecule has 0 aliphatic carbocycles. The van der Waals surface area contributed by atoms with Crippen LogP contribution in [0, 0.1) is 0 Å². The van der Waals surface area contributed by atoms with E-state index in [9.17, 15) is 0 Å². The van der Waals surface area contributed by atoms with Gasteiger partial charge in [-0.05, 0) is 32.6 Å². The molecule has 3 rings (SSSR count). The van der Waals surface area contributed by atoms with E-state index in [1.54, 1.807) is 7.11 Å². The molecule has 0 N–H and O–H groups in total. The lowest BCUT2D eigenvalue weighted by molar-refractivity contribution is 0.268. The standard InChI is InChI=1S/C18H23N3O2/c1-20(2)8-5-9-23-18-11-16-13(10-17(18)22-4)14-12-19-7-6-15(14)21(16)3/h6-7,10-12H,5,8-9H2,1-4H3. The van der Waals surface area contributed by atoms with E-state index in [-0.39, 0.29) is 0 Å². The van der Waals surface area contributed by atoms with Crippen molar-refractivity contribution in [1.82, 2.24) is 14.5 Å². The Bertz CT molecular complexity index is 824. The predicted molar refractivity (Wildman–Crippen MR) is 93.4 cm³/mol. The van der Waals surface area contributed by atoms with Crippen molar-refractivity contribution in [2.24, 2.45) is 7.05 Å². The maximum Gasteiger partial charge on any atom is 0.163 e. The van der Waals surface area contributed by atoms with Gasteiger partial charge in [0.1, 0.15) is 0 Å². The molecule has 23 heavy (non-hydrogen) atoms. The second-order valence-electron chi connectivity index (χ2n) is 5.98. The van der Waals surface area contributed by atoms with E-state index in [1.165, 1.54) is 0 Å². The Hall–Kier alpha value is -2.27. The maximum atomic E-state index is 5.96. The van der Waals surface area contributed by atoms with Crippen LogP contribution in [0.4, 0.5) is 0 Å². The Morgan fingerprint density at radius 3 is 2.70 bits per heavy atom. The number of fused-ring (bicyclic) bond motifs is 3. The van der Waals surface area contributed by atoms with E-state index >= 15 is 0 Å². The van der Waals surface area contributed by atoms with Gasteiger partial charge >= 0.3 is 0 Å². The summed E-state index contributed by atoms with van der Waals surface area (Å²) in [7, 11) is 7.87. The number of methoxy groups -OCH3 is 1. The molecule has 5 nitrogen and oxygen atoms in total. The second-order valence-corrected chi connectivity index (χ2v) is 5.98. The molecule has 0 saturated heterocycles. The zero-order valence-electron chi connectivity index (χ0n) is 14.2. The fraction of sp³-hybridized carbons (Fsp3) is 0.389. The van der Waals surface area contributed by atoms with E-state index in [1.807, 2.05) is 24.5 Å². The van der Waals surface area contributed by atoms with Crippen LogP contribution in [0.25, 0.3) is 21.8 Å². The molecule has 0 amide bonds. The van der Waals surface area contributed by atoms with Crippen LogP contribution in [0.3, 0.4) is 0 Å². The molecule has 0 bridgehead atoms. The highest BCUT2D eigenvalue weighted by Gasteiger charge is 2.13. The summed E-state index contributed by atoms with van der Waals surface area (Å²) in [6.07, 6.45) is 4.69. The van der Waals surface area contributed by atoms with E-state index in [2.05, 4.69) is 41.7 Å². The van der Waals surface area contributed by atoms with E-state index in [4.69, 9.17) is 9.47 Å². The smallest absolute Gasteiger partial charge is 0.163 e. The molecule has 0 saturated carbocycles. The molecule has 0 fully saturated rings. The number of pyridine rings is 1. The summed E-state index contributed by atoms with van der Waals surface area (Å²) in [5.74, 6) is 1.55. The molecule has 1 aromatic carbocycles. The third-order valence-electron chi connectivity index (χ3n) is 4.10. The van der Waals surface area contributed by atoms with Crippen LogP contribution < -0.4 is 9.47 Å². The zero-order valence-corrected chi connectivity index (χ0v) is 14.2. The molecule has 2 heterocycles. The quantitative estimate of drug-likeness (QED) is 0.656. The number of hydrogen-bond acceptors (Lipinski definition) is 4. The van der Waals surface area contributed by atoms with Crippen molar-refractivity contribution in [2.75, 3.05) is 34.4 Å². The number of benzene rings is 1. The third kappa shape index (κ3) is 2.97. The molecular weight excluding hydrogens is 290 g/mol. The minimum atomic E-state index is 0.672. The van der Waals surface area contributed by atoms with Crippen LogP contribution in [0.2, 0.25) is 0 Å². The van der Waals surface area contributed by atoms with Crippen LogP contribution >= 0.6 is 0 Å². The van der Waals surface area contributed by atoms with Crippen molar-refractivity contribution in [3.05, 3.63) is 30.6 Å². The number of rotatable bonds is 6. The van der Waals surface area contributed by atoms with Crippen LogP contribution in [0.1, 0.15) is 6.42 Å². The molecule has 0 radical (unpaired) electrons. The fourth-order valence-corrected chi connectivity index (χ4v) is 2.89. The zero-order chi connectivity index (χ0) is 16.4. The van der Waals surface area contributed by atoms with Gasteiger partial charge < -0.3 is 18.9 Å². The first kappa shape index (κ1) is 15.6. The number of hydrogen-bond donors (Lipinski definition) is 0. The lowest BCUT2D eigenvalue weighted by atomic mass is 10.2. The number of ether oxygens (including phenoxy) is 2. The molecule has 0 unspecified atom stereocenters. The normalized spacial score (nSPS) is 11.5. The van der Waals surface area contributed by atoms with Crippen molar-refractivity contribution < 1.29 is 9.47 Å². The highest BCUT2D eigenvalue weighted by atomic mass is 16.5. The Labute approximate surface area is 136 Å². The Morgan fingerprint density at radius 2 is 1.96 bits per heavy atom. The molecule has 122 valence electrons. The highest BCUT2D eigenvalue weighted by molar-refractivity contribution is 6.08.